The molecule has 33 heavy (non-hydrogen) atoms. The van der Waals surface area contributed by atoms with E-state index in [1.807, 2.05) is 0 Å². The second-order valence-electron chi connectivity index (χ2n) is 11.1. The normalized spacial score (nSPS) is 18.9. The van der Waals surface area contributed by atoms with Crippen LogP contribution >= 0.6 is 0 Å². The van der Waals surface area contributed by atoms with Crippen LogP contribution in [0.5, 0.6) is 0 Å². The maximum Gasteiger partial charge on any atom is 4.00 e. The van der Waals surface area contributed by atoms with Crippen molar-refractivity contribution >= 4 is 0 Å². The van der Waals surface area contributed by atoms with Gasteiger partial charge in [-0.25, -0.2) is 12.1 Å². The van der Waals surface area contributed by atoms with Crippen molar-refractivity contribution in [3.8, 4) is 0 Å². The van der Waals surface area contributed by atoms with Gasteiger partial charge in [0, 0.05) is 0 Å². The van der Waals surface area contributed by atoms with Crippen molar-refractivity contribution in [3.63, 3.8) is 0 Å². The maximum absolute atomic E-state index is 2.41. The first-order chi connectivity index (χ1) is 14.3. The van der Waals surface area contributed by atoms with Crippen LogP contribution in [0.4, 0.5) is 0 Å². The van der Waals surface area contributed by atoms with Crippen LogP contribution in [0.3, 0.4) is 0 Å². The average Bonchev–Trinajstić information content (AvgIpc) is 3.38. The van der Waals surface area contributed by atoms with Crippen molar-refractivity contribution in [2.24, 2.45) is 11.8 Å². The second kappa shape index (κ2) is 14.7. The number of hydrogen-bond donors (Lipinski definition) is 0. The molecule has 0 heterocycles. The van der Waals surface area contributed by atoms with Gasteiger partial charge in [0.15, 0.2) is 0 Å². The SMILES string of the molecule is C[c-]1ccc(C2(C(C)C)CCCCC2)c1.C[c-]1ccc(C2(C(C)C)CCCCC2)c1.[Cl-].[Cl-].[Zr+4]. The van der Waals surface area contributed by atoms with E-state index < -0.39 is 0 Å². The molecular weight excluding hydrogens is 522 g/mol. The van der Waals surface area contributed by atoms with E-state index in [0.29, 0.717) is 10.8 Å². The Labute approximate surface area is 236 Å². The van der Waals surface area contributed by atoms with Gasteiger partial charge in [0.2, 0.25) is 0 Å². The quantitative estimate of drug-likeness (QED) is 0.498. The van der Waals surface area contributed by atoms with Crippen LogP contribution in [0, 0.1) is 25.7 Å². The standard InChI is InChI=1S/2C15H23.2ClH.Zr/c2*1-12(2)15(9-5-4-6-10-15)14-8-7-13(3)11-14;;;/h2*7-8,11-12H,4-6,9-10H2,1-3H3;2*1H;/q2*-1;;;+4/p-2. The minimum Gasteiger partial charge on any atom is -1.00 e. The zero-order chi connectivity index (χ0) is 21.8. The fourth-order valence-corrected chi connectivity index (χ4v) is 6.51. The summed E-state index contributed by atoms with van der Waals surface area (Å²) >= 11 is 0. The Morgan fingerprint density at radius 1 is 0.606 bits per heavy atom. The molecule has 184 valence electrons. The van der Waals surface area contributed by atoms with Crippen LogP contribution in [0.1, 0.15) is 114 Å². The molecule has 0 spiro atoms. The van der Waals surface area contributed by atoms with Crippen molar-refractivity contribution in [2.45, 2.75) is 117 Å². The molecule has 0 atom stereocenters. The molecule has 3 heteroatoms. The molecule has 2 aliphatic rings. The Bertz CT molecular complexity index is 705. The Morgan fingerprint density at radius 2 is 0.909 bits per heavy atom. The summed E-state index contributed by atoms with van der Waals surface area (Å²) in [7, 11) is 0. The second-order valence-corrected chi connectivity index (χ2v) is 11.1. The first kappa shape index (κ1) is 33.2. The van der Waals surface area contributed by atoms with Crippen LogP contribution in [-0.4, -0.2) is 0 Å². The van der Waals surface area contributed by atoms with Crippen molar-refractivity contribution in [2.75, 3.05) is 0 Å². The summed E-state index contributed by atoms with van der Waals surface area (Å²) in [6.07, 6.45) is 14.1. The van der Waals surface area contributed by atoms with Gasteiger partial charge in [0.1, 0.15) is 0 Å². The van der Waals surface area contributed by atoms with E-state index in [-0.39, 0.29) is 51.0 Å². The third-order valence-corrected chi connectivity index (χ3v) is 8.67. The summed E-state index contributed by atoms with van der Waals surface area (Å²) in [6.45, 7) is 14.0. The molecule has 2 aromatic rings. The van der Waals surface area contributed by atoms with Crippen LogP contribution in [0.2, 0.25) is 0 Å². The van der Waals surface area contributed by atoms with Crippen LogP contribution in [0.25, 0.3) is 0 Å². The molecule has 0 unspecified atom stereocenters. The van der Waals surface area contributed by atoms with Crippen molar-refractivity contribution < 1.29 is 51.0 Å². The van der Waals surface area contributed by atoms with Gasteiger partial charge in [-0.3, -0.25) is 0 Å². The fourth-order valence-electron chi connectivity index (χ4n) is 6.51. The van der Waals surface area contributed by atoms with E-state index >= 15 is 0 Å². The topological polar surface area (TPSA) is 0 Å². The summed E-state index contributed by atoms with van der Waals surface area (Å²) in [5.74, 6) is 1.55. The molecule has 2 fully saturated rings. The molecule has 0 amide bonds. The molecule has 2 aliphatic carbocycles. The van der Waals surface area contributed by atoms with Gasteiger partial charge in [-0.05, 0) is 11.8 Å². The Morgan fingerprint density at radius 3 is 1.12 bits per heavy atom. The minimum absolute atomic E-state index is 0. The third-order valence-electron chi connectivity index (χ3n) is 8.67. The molecule has 0 saturated heterocycles. The number of hydrogen-bond acceptors (Lipinski definition) is 0. The molecule has 2 saturated carbocycles. The van der Waals surface area contributed by atoms with Crippen LogP contribution in [-0.2, 0) is 37.0 Å². The average molecular weight is 569 g/mol. The zero-order valence-electron chi connectivity index (χ0n) is 21.9. The summed E-state index contributed by atoms with van der Waals surface area (Å²) < 4.78 is 0. The molecule has 0 aliphatic heterocycles. The van der Waals surface area contributed by atoms with Crippen molar-refractivity contribution in [3.05, 3.63) is 58.7 Å². The summed E-state index contributed by atoms with van der Waals surface area (Å²) in [5, 5.41) is 0. The smallest absolute Gasteiger partial charge is 1.00 e. The molecule has 2 aromatic carbocycles. The number of halogens is 2. The van der Waals surface area contributed by atoms with E-state index in [1.54, 1.807) is 11.1 Å². The van der Waals surface area contributed by atoms with Crippen molar-refractivity contribution in [1.82, 2.24) is 0 Å². The predicted octanol–water partition coefficient (Wildman–Crippen LogP) is 3.15. The first-order valence-electron chi connectivity index (χ1n) is 12.8. The van der Waals surface area contributed by atoms with E-state index in [1.165, 1.54) is 75.3 Å². The van der Waals surface area contributed by atoms with Gasteiger partial charge in [-0.1, -0.05) is 117 Å². The third kappa shape index (κ3) is 7.57. The van der Waals surface area contributed by atoms with E-state index in [2.05, 4.69) is 77.9 Å². The van der Waals surface area contributed by atoms with Gasteiger partial charge in [-0.2, -0.15) is 46.5 Å². The number of rotatable bonds is 4. The minimum atomic E-state index is 0. The predicted molar refractivity (Wildman–Crippen MR) is 133 cm³/mol. The van der Waals surface area contributed by atoms with Gasteiger partial charge in [-0.15, -0.1) is 0 Å². The summed E-state index contributed by atoms with van der Waals surface area (Å²) in [5.41, 5.74) is 7.05. The van der Waals surface area contributed by atoms with E-state index in [9.17, 15) is 0 Å². The van der Waals surface area contributed by atoms with E-state index in [0.717, 1.165) is 11.8 Å². The van der Waals surface area contributed by atoms with Gasteiger partial charge < -0.3 is 24.8 Å². The van der Waals surface area contributed by atoms with Crippen LogP contribution in [0.15, 0.2) is 36.4 Å². The summed E-state index contributed by atoms with van der Waals surface area (Å²) in [4.78, 5) is 0. The van der Waals surface area contributed by atoms with Crippen LogP contribution < -0.4 is 24.8 Å². The first-order valence-corrected chi connectivity index (χ1v) is 12.8. The molecule has 0 N–H and O–H groups in total. The Balaban J connectivity index is 0.000000569. The molecular formula is C30H46Cl2Zr. The van der Waals surface area contributed by atoms with Gasteiger partial charge in [0.05, 0.1) is 0 Å². The Kier molecular flexibility index (Phi) is 14.7. The molecule has 0 radical (unpaired) electrons. The van der Waals surface area contributed by atoms with Gasteiger partial charge in [0.25, 0.3) is 0 Å². The molecule has 0 aromatic heterocycles. The largest absolute Gasteiger partial charge is 4.00 e. The maximum atomic E-state index is 2.41. The monoisotopic (exact) mass is 566 g/mol. The zero-order valence-corrected chi connectivity index (χ0v) is 25.9. The van der Waals surface area contributed by atoms with Crippen molar-refractivity contribution in [1.29, 1.82) is 0 Å². The van der Waals surface area contributed by atoms with E-state index in [4.69, 9.17) is 0 Å². The van der Waals surface area contributed by atoms with Gasteiger partial charge >= 0.3 is 26.2 Å². The molecule has 4 rings (SSSR count). The molecule has 0 nitrogen and oxygen atoms in total. The summed E-state index contributed by atoms with van der Waals surface area (Å²) in [6, 6.07) is 14.1. The fraction of sp³-hybridized carbons (Fsp3) is 0.667. The molecule has 0 bridgehead atoms. The Hall–Kier alpha value is 0.163. The number of aryl methyl sites for hydroxylation is 2.